The number of carbonyl (C=O) groups is 2. The van der Waals surface area contributed by atoms with Gasteiger partial charge in [-0.05, 0) is 54.1 Å². The number of methoxy groups -OCH3 is 1. The van der Waals surface area contributed by atoms with Gasteiger partial charge in [-0.2, -0.15) is 0 Å². The predicted octanol–water partition coefficient (Wildman–Crippen LogP) is 4.35. The summed E-state index contributed by atoms with van der Waals surface area (Å²) in [5.41, 5.74) is 1.26. The van der Waals surface area contributed by atoms with Gasteiger partial charge >= 0.3 is 0 Å². The number of halogens is 1. The van der Waals surface area contributed by atoms with Crippen LogP contribution < -0.4 is 15.4 Å². The zero-order valence-electron chi connectivity index (χ0n) is 14.9. The maximum absolute atomic E-state index is 12.8. The smallest absolute Gasteiger partial charge is 0.291 e. The molecule has 2 aromatic carbocycles. The SMILES string of the molecule is COc1ccc(C=C(NC(=O)c2ccco2)C(=O)Nc2cccc(Cl)c2)cc1. The summed E-state index contributed by atoms with van der Waals surface area (Å²) >= 11 is 5.96. The predicted molar refractivity (Wildman–Crippen MR) is 107 cm³/mol. The van der Waals surface area contributed by atoms with Gasteiger partial charge in [-0.15, -0.1) is 0 Å². The molecule has 0 radical (unpaired) electrons. The molecule has 0 bridgehead atoms. The molecule has 0 saturated heterocycles. The fourth-order valence-corrected chi connectivity index (χ4v) is 2.57. The molecule has 1 aromatic heterocycles. The van der Waals surface area contributed by atoms with E-state index in [1.165, 1.54) is 12.3 Å². The third kappa shape index (κ3) is 5.02. The average Bonchev–Trinajstić information content (AvgIpc) is 3.23. The summed E-state index contributed by atoms with van der Waals surface area (Å²) in [6.07, 6.45) is 2.94. The van der Waals surface area contributed by atoms with Gasteiger partial charge in [0.15, 0.2) is 5.76 Å². The van der Waals surface area contributed by atoms with E-state index in [0.717, 1.165) is 0 Å². The Hall–Kier alpha value is -3.51. The summed E-state index contributed by atoms with van der Waals surface area (Å²) < 4.78 is 10.2. The second-order valence-electron chi connectivity index (χ2n) is 5.73. The maximum Gasteiger partial charge on any atom is 0.291 e. The molecule has 0 atom stereocenters. The first-order chi connectivity index (χ1) is 13.5. The van der Waals surface area contributed by atoms with Crippen LogP contribution >= 0.6 is 11.6 Å². The second-order valence-corrected chi connectivity index (χ2v) is 6.16. The van der Waals surface area contributed by atoms with Gasteiger partial charge in [0.2, 0.25) is 0 Å². The molecule has 28 heavy (non-hydrogen) atoms. The zero-order valence-corrected chi connectivity index (χ0v) is 15.7. The molecule has 0 saturated carbocycles. The van der Waals surface area contributed by atoms with E-state index in [4.69, 9.17) is 20.8 Å². The van der Waals surface area contributed by atoms with Crippen LogP contribution in [0.3, 0.4) is 0 Å². The first kappa shape index (κ1) is 19.3. The number of ether oxygens (including phenoxy) is 1. The molecule has 142 valence electrons. The topological polar surface area (TPSA) is 80.6 Å². The molecule has 0 unspecified atom stereocenters. The zero-order chi connectivity index (χ0) is 19.9. The van der Waals surface area contributed by atoms with Gasteiger partial charge in [-0.25, -0.2) is 0 Å². The van der Waals surface area contributed by atoms with Crippen LogP contribution in [0.5, 0.6) is 5.75 Å². The van der Waals surface area contributed by atoms with E-state index in [0.29, 0.717) is 22.0 Å². The van der Waals surface area contributed by atoms with Gasteiger partial charge in [0.25, 0.3) is 11.8 Å². The van der Waals surface area contributed by atoms with Gasteiger partial charge in [-0.1, -0.05) is 29.8 Å². The number of furan rings is 1. The molecule has 0 aliphatic rings. The van der Waals surface area contributed by atoms with Gasteiger partial charge < -0.3 is 19.8 Å². The van der Waals surface area contributed by atoms with Crippen LogP contribution in [0.4, 0.5) is 5.69 Å². The van der Waals surface area contributed by atoms with Crippen molar-refractivity contribution in [1.29, 1.82) is 0 Å². The number of benzene rings is 2. The van der Waals surface area contributed by atoms with Crippen molar-refractivity contribution < 1.29 is 18.7 Å². The van der Waals surface area contributed by atoms with E-state index in [9.17, 15) is 9.59 Å². The Morgan fingerprint density at radius 2 is 1.86 bits per heavy atom. The van der Waals surface area contributed by atoms with E-state index in [-0.39, 0.29) is 11.5 Å². The van der Waals surface area contributed by atoms with E-state index in [2.05, 4.69) is 10.6 Å². The minimum atomic E-state index is -0.536. The fraction of sp³-hybridized carbons (Fsp3) is 0.0476. The average molecular weight is 397 g/mol. The van der Waals surface area contributed by atoms with Gasteiger partial charge in [0.1, 0.15) is 11.4 Å². The standard InChI is InChI=1S/C21H17ClN2O4/c1-27-17-9-7-14(8-10-17)12-18(24-21(26)19-6-3-11-28-19)20(25)23-16-5-2-4-15(22)13-16/h2-13H,1H3,(H,23,25)(H,24,26). The number of anilines is 1. The first-order valence-electron chi connectivity index (χ1n) is 8.32. The lowest BCUT2D eigenvalue weighted by atomic mass is 10.1. The number of hydrogen-bond donors (Lipinski definition) is 2. The molecular weight excluding hydrogens is 380 g/mol. The maximum atomic E-state index is 12.8. The van der Waals surface area contributed by atoms with Crippen LogP contribution in [0.15, 0.2) is 77.0 Å². The van der Waals surface area contributed by atoms with Crippen LogP contribution in [0, 0.1) is 0 Å². The number of hydrogen-bond acceptors (Lipinski definition) is 4. The Labute approximate surface area is 166 Å². The quantitative estimate of drug-likeness (QED) is 0.607. The molecule has 0 fully saturated rings. The Morgan fingerprint density at radius 3 is 2.50 bits per heavy atom. The lowest BCUT2D eigenvalue weighted by Crippen LogP contribution is -2.30. The molecule has 0 aliphatic heterocycles. The van der Waals surface area contributed by atoms with Crippen LogP contribution in [0.2, 0.25) is 5.02 Å². The molecule has 3 rings (SSSR count). The number of amides is 2. The molecule has 3 aromatic rings. The largest absolute Gasteiger partial charge is 0.497 e. The van der Waals surface area contributed by atoms with Crippen molar-refractivity contribution in [3.05, 3.63) is 89.0 Å². The molecule has 1 heterocycles. The van der Waals surface area contributed by atoms with Crippen molar-refractivity contribution in [1.82, 2.24) is 5.32 Å². The van der Waals surface area contributed by atoms with Crippen LogP contribution in [-0.4, -0.2) is 18.9 Å². The molecular formula is C21H17ClN2O4. The Kier molecular flexibility index (Phi) is 6.14. The Balaban J connectivity index is 1.87. The summed E-state index contributed by atoms with van der Waals surface area (Å²) in [6.45, 7) is 0. The summed E-state index contributed by atoms with van der Waals surface area (Å²) in [4.78, 5) is 25.1. The van der Waals surface area contributed by atoms with E-state index >= 15 is 0 Å². The highest BCUT2D eigenvalue weighted by atomic mass is 35.5. The van der Waals surface area contributed by atoms with Crippen LogP contribution in [0.25, 0.3) is 6.08 Å². The van der Waals surface area contributed by atoms with Gasteiger partial charge in [-0.3, -0.25) is 9.59 Å². The first-order valence-corrected chi connectivity index (χ1v) is 8.70. The highest BCUT2D eigenvalue weighted by Crippen LogP contribution is 2.17. The summed E-state index contributed by atoms with van der Waals surface area (Å²) in [5.74, 6) is -0.262. The van der Waals surface area contributed by atoms with Crippen molar-refractivity contribution in [3.8, 4) is 5.75 Å². The lowest BCUT2D eigenvalue weighted by Gasteiger charge is -2.11. The van der Waals surface area contributed by atoms with Crippen molar-refractivity contribution in [2.75, 3.05) is 12.4 Å². The summed E-state index contributed by atoms with van der Waals surface area (Å²) in [6, 6.07) is 16.9. The van der Waals surface area contributed by atoms with E-state index < -0.39 is 11.8 Å². The van der Waals surface area contributed by atoms with E-state index in [1.807, 2.05) is 0 Å². The van der Waals surface area contributed by atoms with Crippen molar-refractivity contribution in [2.45, 2.75) is 0 Å². The summed E-state index contributed by atoms with van der Waals surface area (Å²) in [5, 5.41) is 5.78. The lowest BCUT2D eigenvalue weighted by molar-refractivity contribution is -0.113. The highest BCUT2D eigenvalue weighted by molar-refractivity contribution is 6.31. The van der Waals surface area contributed by atoms with Crippen molar-refractivity contribution in [2.24, 2.45) is 0 Å². The minimum Gasteiger partial charge on any atom is -0.497 e. The summed E-state index contributed by atoms with van der Waals surface area (Å²) in [7, 11) is 1.57. The number of carbonyl (C=O) groups excluding carboxylic acids is 2. The normalized spacial score (nSPS) is 11.0. The number of nitrogens with one attached hydrogen (secondary N) is 2. The third-order valence-electron chi connectivity index (χ3n) is 3.75. The minimum absolute atomic E-state index is 0.0477. The molecule has 7 heteroatoms. The Bertz CT molecular complexity index is 996. The number of rotatable bonds is 6. The van der Waals surface area contributed by atoms with Crippen LogP contribution in [0.1, 0.15) is 16.1 Å². The van der Waals surface area contributed by atoms with Gasteiger partial charge in [0.05, 0.1) is 13.4 Å². The second kappa shape index (κ2) is 8.92. The van der Waals surface area contributed by atoms with E-state index in [1.54, 1.807) is 67.8 Å². The highest BCUT2D eigenvalue weighted by Gasteiger charge is 2.16. The Morgan fingerprint density at radius 1 is 1.07 bits per heavy atom. The molecule has 0 spiro atoms. The third-order valence-corrected chi connectivity index (χ3v) is 3.98. The van der Waals surface area contributed by atoms with Crippen molar-refractivity contribution in [3.63, 3.8) is 0 Å². The molecule has 6 nitrogen and oxygen atoms in total. The van der Waals surface area contributed by atoms with Crippen LogP contribution in [-0.2, 0) is 4.79 Å². The molecule has 2 amide bonds. The van der Waals surface area contributed by atoms with Gasteiger partial charge in [0, 0.05) is 10.7 Å². The monoisotopic (exact) mass is 396 g/mol. The fourth-order valence-electron chi connectivity index (χ4n) is 2.38. The van der Waals surface area contributed by atoms with Crippen molar-refractivity contribution >= 4 is 35.2 Å². The molecule has 0 aliphatic carbocycles. The molecule has 2 N–H and O–H groups in total.